The number of carbonyl (C=O) groups is 1. The van der Waals surface area contributed by atoms with Crippen LogP contribution in [0, 0.1) is 5.92 Å². The van der Waals surface area contributed by atoms with Gasteiger partial charge in [0.15, 0.2) is 0 Å². The van der Waals surface area contributed by atoms with Crippen LogP contribution in [0.25, 0.3) is 0 Å². The minimum absolute atomic E-state index is 0. The molecule has 0 aromatic carbocycles. The molecule has 332 valence electrons. The summed E-state index contributed by atoms with van der Waals surface area (Å²) < 4.78 is 18.4. The Morgan fingerprint density at radius 3 is 0.909 bits per heavy atom. The Kier molecular flexibility index (Phi) is 49.0. The minimum Gasteiger partial charge on any atom is -0.465 e. The highest BCUT2D eigenvalue weighted by atomic mass is 16.5. The minimum atomic E-state index is -0.0470. The molecule has 0 bridgehead atoms. The Morgan fingerprint density at radius 1 is 0.345 bits per heavy atom. The molecule has 55 heavy (non-hydrogen) atoms. The van der Waals surface area contributed by atoms with E-state index in [1.165, 1.54) is 193 Å². The first-order chi connectivity index (χ1) is 26.6. The maximum Gasteiger partial charge on any atom is 0.308 e. The molecule has 5 nitrogen and oxygen atoms in total. The van der Waals surface area contributed by atoms with E-state index in [0.29, 0.717) is 6.61 Å². The van der Waals surface area contributed by atoms with Crippen molar-refractivity contribution in [2.24, 2.45) is 5.92 Å². The lowest BCUT2D eigenvalue weighted by atomic mass is 9.92. The molecule has 0 heterocycles. The van der Waals surface area contributed by atoms with Crippen molar-refractivity contribution >= 4 is 5.97 Å². The zero-order valence-electron chi connectivity index (χ0n) is 38.6. The first-order valence-electron chi connectivity index (χ1n) is 25.0. The molecule has 5 heteroatoms. The molecular formula is C50H103NO4. The van der Waals surface area contributed by atoms with E-state index < -0.39 is 0 Å². The van der Waals surface area contributed by atoms with Gasteiger partial charge in [-0.25, -0.2) is 0 Å². The fraction of sp³-hybridized carbons (Fsp3) is 0.980. The van der Waals surface area contributed by atoms with E-state index in [4.69, 9.17) is 14.2 Å². The van der Waals surface area contributed by atoms with Gasteiger partial charge in [-0.3, -0.25) is 4.79 Å². The van der Waals surface area contributed by atoms with Crippen LogP contribution in [0.4, 0.5) is 0 Å². The second kappa shape index (κ2) is 47.7. The van der Waals surface area contributed by atoms with E-state index in [1.54, 1.807) is 0 Å². The van der Waals surface area contributed by atoms with Gasteiger partial charge in [0.25, 0.3) is 0 Å². The number of carbonyl (C=O) groups excluding carboxylic acids is 1. The van der Waals surface area contributed by atoms with Crippen LogP contribution in [-0.2, 0) is 19.0 Å². The van der Waals surface area contributed by atoms with Gasteiger partial charge in [0, 0.05) is 13.2 Å². The van der Waals surface area contributed by atoms with E-state index in [-0.39, 0.29) is 30.2 Å². The first kappa shape index (κ1) is 56.4. The zero-order valence-corrected chi connectivity index (χ0v) is 38.6. The van der Waals surface area contributed by atoms with Gasteiger partial charge >= 0.3 is 5.97 Å². The van der Waals surface area contributed by atoms with Gasteiger partial charge in [-0.05, 0) is 58.8 Å². The van der Waals surface area contributed by atoms with Gasteiger partial charge in [0.2, 0.25) is 0 Å². The van der Waals surface area contributed by atoms with Crippen LogP contribution in [0.1, 0.15) is 279 Å². The lowest BCUT2D eigenvalue weighted by Gasteiger charge is -2.23. The van der Waals surface area contributed by atoms with Crippen LogP contribution in [-0.4, -0.2) is 38.0 Å². The number of unbranched alkanes of at least 4 members (excludes halogenated alkanes) is 29. The summed E-state index contributed by atoms with van der Waals surface area (Å²) in [4.78, 5) is 13.5. The normalized spacial score (nSPS) is 13.1. The molecule has 0 radical (unpaired) electrons. The number of rotatable bonds is 46. The summed E-state index contributed by atoms with van der Waals surface area (Å²) in [5.41, 5.74) is 0. The second-order valence-electron chi connectivity index (χ2n) is 17.0. The molecule has 0 aromatic heterocycles. The third-order valence-electron chi connectivity index (χ3n) is 11.8. The molecule has 0 saturated heterocycles. The van der Waals surface area contributed by atoms with Crippen LogP contribution in [0.15, 0.2) is 0 Å². The maximum atomic E-state index is 13.5. The van der Waals surface area contributed by atoms with Gasteiger partial charge in [-0.1, -0.05) is 220 Å². The van der Waals surface area contributed by atoms with Gasteiger partial charge in [0.05, 0.1) is 24.7 Å². The van der Waals surface area contributed by atoms with Crippen molar-refractivity contribution in [2.75, 3.05) is 19.8 Å². The highest BCUT2D eigenvalue weighted by molar-refractivity contribution is 5.72. The summed E-state index contributed by atoms with van der Waals surface area (Å²) in [6.07, 6.45) is 49.6. The lowest BCUT2D eigenvalue weighted by Crippen LogP contribution is -2.24. The van der Waals surface area contributed by atoms with Gasteiger partial charge in [-0.15, -0.1) is 0 Å². The number of hydrogen-bond acceptors (Lipinski definition) is 5. The van der Waals surface area contributed by atoms with Crippen molar-refractivity contribution in [2.45, 2.75) is 291 Å². The molecule has 2 atom stereocenters. The summed E-state index contributed by atoms with van der Waals surface area (Å²) in [5, 5.41) is 0. The molecule has 0 saturated carbocycles. The predicted molar refractivity (Wildman–Crippen MR) is 243 cm³/mol. The summed E-state index contributed by atoms with van der Waals surface area (Å²) in [7, 11) is 0. The number of ether oxygens (including phenoxy) is 3. The molecule has 0 aliphatic heterocycles. The van der Waals surface area contributed by atoms with Crippen molar-refractivity contribution < 1.29 is 19.0 Å². The Bertz CT molecular complexity index is 674. The molecule has 2 unspecified atom stereocenters. The van der Waals surface area contributed by atoms with Crippen LogP contribution >= 0.6 is 0 Å². The van der Waals surface area contributed by atoms with E-state index in [0.717, 1.165) is 64.6 Å². The van der Waals surface area contributed by atoms with Crippen LogP contribution in [0.2, 0.25) is 0 Å². The van der Waals surface area contributed by atoms with Crippen molar-refractivity contribution in [3.63, 3.8) is 0 Å². The molecule has 3 N–H and O–H groups in total. The maximum absolute atomic E-state index is 13.5. The third kappa shape index (κ3) is 41.3. The predicted octanol–water partition coefficient (Wildman–Crippen LogP) is 17.0. The first-order valence-corrected chi connectivity index (χ1v) is 25.0. The van der Waals surface area contributed by atoms with Crippen molar-refractivity contribution in [1.82, 2.24) is 6.15 Å². The van der Waals surface area contributed by atoms with Crippen LogP contribution < -0.4 is 6.15 Å². The molecule has 0 aromatic rings. The molecular weight excluding hydrogens is 679 g/mol. The van der Waals surface area contributed by atoms with Crippen molar-refractivity contribution in [3.8, 4) is 0 Å². The fourth-order valence-corrected chi connectivity index (χ4v) is 8.20. The summed E-state index contributed by atoms with van der Waals surface area (Å²) in [6.45, 7) is 13.2. The van der Waals surface area contributed by atoms with E-state index in [2.05, 4.69) is 34.6 Å². The molecule has 0 amide bonds. The second-order valence-corrected chi connectivity index (χ2v) is 17.0. The average molecular weight is 782 g/mol. The van der Waals surface area contributed by atoms with Crippen LogP contribution in [0.3, 0.4) is 0 Å². The molecule has 0 spiro atoms. The average Bonchev–Trinajstić information content (AvgIpc) is 3.17. The van der Waals surface area contributed by atoms with Crippen molar-refractivity contribution in [3.05, 3.63) is 0 Å². The summed E-state index contributed by atoms with van der Waals surface area (Å²) in [5.74, 6) is -0.0229. The van der Waals surface area contributed by atoms with Gasteiger partial charge in [-0.2, -0.15) is 0 Å². The Balaban J connectivity index is 0. The largest absolute Gasteiger partial charge is 0.465 e. The molecule has 0 rings (SSSR count). The Labute approximate surface area is 346 Å². The van der Waals surface area contributed by atoms with Crippen molar-refractivity contribution in [1.29, 1.82) is 0 Å². The number of esters is 1. The highest BCUT2D eigenvalue weighted by Crippen LogP contribution is 2.25. The summed E-state index contributed by atoms with van der Waals surface area (Å²) in [6, 6.07) is 0. The van der Waals surface area contributed by atoms with E-state index >= 15 is 0 Å². The Hall–Kier alpha value is -0.650. The quantitative estimate of drug-likeness (QED) is 0.0491. The fourth-order valence-electron chi connectivity index (χ4n) is 8.20. The molecule has 0 aliphatic carbocycles. The Morgan fingerprint density at radius 2 is 0.618 bits per heavy atom. The van der Waals surface area contributed by atoms with Gasteiger partial charge in [0.1, 0.15) is 0 Å². The molecule has 0 aliphatic rings. The molecule has 0 fully saturated rings. The van der Waals surface area contributed by atoms with E-state index in [9.17, 15) is 4.79 Å². The lowest BCUT2D eigenvalue weighted by molar-refractivity contribution is -0.149. The number of hydrogen-bond donors (Lipinski definition) is 1. The third-order valence-corrected chi connectivity index (χ3v) is 11.8. The van der Waals surface area contributed by atoms with E-state index in [1.807, 2.05) is 0 Å². The smallest absolute Gasteiger partial charge is 0.308 e. The monoisotopic (exact) mass is 782 g/mol. The topological polar surface area (TPSA) is 79.8 Å². The highest BCUT2D eigenvalue weighted by Gasteiger charge is 2.24. The standard InChI is InChI=1S/C50H100O4.H3N/c1-6-11-14-17-20-22-24-26-28-30-32-34-37-40-48(52-9-4)44-42-47(50(51)54-46-39-36-19-16-13-8-3)43-45-49(53-10-5)41-38-35-33-31-29-27-25-23-21-18-15-12-7-2;/h47-49H,6-46H2,1-5H3;1H3. The van der Waals surface area contributed by atoms with Gasteiger partial charge < -0.3 is 20.4 Å². The zero-order chi connectivity index (χ0) is 39.4. The van der Waals surface area contributed by atoms with Crippen LogP contribution in [0.5, 0.6) is 0 Å². The SMILES string of the molecule is CCCCCCCCCCCCCCCC(CCC(CCC(CCCCCCCCCCCCCCC)OCC)C(=O)OCCCCCCCC)OCC.N. The summed E-state index contributed by atoms with van der Waals surface area (Å²) >= 11 is 0.